The molecule has 1 N–H and O–H groups in total. The van der Waals surface area contributed by atoms with E-state index >= 15 is 4.39 Å². The molecule has 12 nitrogen and oxygen atoms in total. The van der Waals surface area contributed by atoms with E-state index in [9.17, 15) is 24.0 Å². The number of hydrogen-bond acceptors (Lipinski definition) is 8. The van der Waals surface area contributed by atoms with Gasteiger partial charge in [-0.1, -0.05) is 84.9 Å². The van der Waals surface area contributed by atoms with Gasteiger partial charge in [0.25, 0.3) is 5.91 Å². The fraction of sp³-hybridized carbons (Fsp3) is 0.356. The van der Waals surface area contributed by atoms with E-state index in [0.29, 0.717) is 16.7 Å². The second-order valence-corrected chi connectivity index (χ2v) is 15.6. The summed E-state index contributed by atoms with van der Waals surface area (Å²) < 4.78 is 31.5. The van der Waals surface area contributed by atoms with Crippen molar-refractivity contribution >= 4 is 30.0 Å². The molecule has 0 spiro atoms. The maximum Gasteiger partial charge on any atom is 0.411 e. The van der Waals surface area contributed by atoms with Crippen LogP contribution in [0.2, 0.25) is 0 Å². The minimum atomic E-state index is -0.946. The Balaban J connectivity index is 1.22. The number of benzene rings is 4. The Morgan fingerprint density at radius 1 is 0.810 bits per heavy atom. The summed E-state index contributed by atoms with van der Waals surface area (Å²) in [5, 5.41) is 2.91. The van der Waals surface area contributed by atoms with Crippen LogP contribution in [0.1, 0.15) is 78.3 Å². The van der Waals surface area contributed by atoms with E-state index in [1.807, 2.05) is 54.6 Å². The Kier molecular flexibility index (Phi) is 12.8. The van der Waals surface area contributed by atoms with Crippen LogP contribution in [0, 0.1) is 5.82 Å². The SMILES string of the molecule is COC(=O)[C@@H]1C[C@H](NC(=O)c2ccc(CN(C(=O)C3Cc4ccccc4CN3C(=O)OCc3ccccc3)[C@H](C)c3ccccc3F)cc2)CN1C(=O)OC(C)(C)C. The highest BCUT2D eigenvalue weighted by molar-refractivity contribution is 5.95. The average molecular weight is 793 g/mol. The van der Waals surface area contributed by atoms with Crippen molar-refractivity contribution in [3.63, 3.8) is 0 Å². The zero-order chi connectivity index (χ0) is 41.6. The number of esters is 1. The number of likely N-dealkylation sites (tertiary alicyclic amines) is 1. The maximum absolute atomic E-state index is 15.3. The zero-order valence-electron chi connectivity index (χ0n) is 33.4. The van der Waals surface area contributed by atoms with Gasteiger partial charge in [-0.2, -0.15) is 0 Å². The Bertz CT molecular complexity index is 2120. The summed E-state index contributed by atoms with van der Waals surface area (Å²) in [5.74, 6) is -1.90. The van der Waals surface area contributed by atoms with Crippen molar-refractivity contribution in [1.29, 1.82) is 0 Å². The van der Waals surface area contributed by atoms with Gasteiger partial charge < -0.3 is 24.4 Å². The summed E-state index contributed by atoms with van der Waals surface area (Å²) >= 11 is 0. The fourth-order valence-corrected chi connectivity index (χ4v) is 7.37. The van der Waals surface area contributed by atoms with Crippen LogP contribution in [0.3, 0.4) is 0 Å². The van der Waals surface area contributed by atoms with Gasteiger partial charge in [-0.25, -0.2) is 18.8 Å². The van der Waals surface area contributed by atoms with Gasteiger partial charge in [0.15, 0.2) is 0 Å². The molecule has 6 rings (SSSR count). The Labute approximate surface area is 337 Å². The van der Waals surface area contributed by atoms with Crippen molar-refractivity contribution < 1.29 is 42.6 Å². The molecule has 4 atom stereocenters. The molecule has 4 amide bonds. The first-order valence-corrected chi connectivity index (χ1v) is 19.3. The number of amides is 4. The molecule has 0 saturated carbocycles. The van der Waals surface area contributed by atoms with E-state index in [0.717, 1.165) is 16.7 Å². The van der Waals surface area contributed by atoms with Gasteiger partial charge in [-0.15, -0.1) is 0 Å². The van der Waals surface area contributed by atoms with E-state index in [1.54, 1.807) is 75.1 Å². The zero-order valence-corrected chi connectivity index (χ0v) is 33.4. The molecule has 1 fully saturated rings. The van der Waals surface area contributed by atoms with Gasteiger partial charge in [-0.05, 0) is 68.1 Å². The Morgan fingerprint density at radius 3 is 2.14 bits per heavy atom. The van der Waals surface area contributed by atoms with Gasteiger partial charge in [0.05, 0.1) is 19.7 Å². The Morgan fingerprint density at radius 2 is 1.47 bits per heavy atom. The van der Waals surface area contributed by atoms with Crippen molar-refractivity contribution in [2.45, 2.75) is 90.0 Å². The summed E-state index contributed by atoms with van der Waals surface area (Å²) in [6.45, 7) is 7.19. The number of carbonyl (C=O) groups is 5. The summed E-state index contributed by atoms with van der Waals surface area (Å²) in [5.41, 5.74) is 3.13. The molecular weight excluding hydrogens is 744 g/mol. The molecule has 13 heteroatoms. The van der Waals surface area contributed by atoms with Crippen LogP contribution in [-0.4, -0.2) is 82.1 Å². The van der Waals surface area contributed by atoms with Crippen LogP contribution in [0.25, 0.3) is 0 Å². The smallest absolute Gasteiger partial charge is 0.411 e. The molecule has 4 aromatic rings. The maximum atomic E-state index is 15.3. The van der Waals surface area contributed by atoms with Gasteiger partial charge in [0.1, 0.15) is 30.1 Å². The van der Waals surface area contributed by atoms with Crippen LogP contribution in [0.15, 0.2) is 103 Å². The lowest BCUT2D eigenvalue weighted by molar-refractivity contribution is -0.145. The average Bonchev–Trinajstić information content (AvgIpc) is 3.64. The van der Waals surface area contributed by atoms with Crippen LogP contribution < -0.4 is 5.32 Å². The van der Waals surface area contributed by atoms with Crippen LogP contribution in [-0.2, 0) is 49.9 Å². The number of nitrogens with one attached hydrogen (secondary N) is 1. The number of nitrogens with zero attached hydrogens (tertiary/aromatic N) is 3. The number of carbonyl (C=O) groups excluding carboxylic acids is 5. The molecule has 0 aromatic heterocycles. The predicted molar refractivity (Wildman–Crippen MR) is 213 cm³/mol. The molecular formula is C45H49FN4O8. The van der Waals surface area contributed by atoms with Crippen LogP contribution in [0.5, 0.6) is 0 Å². The third kappa shape index (κ3) is 9.82. The summed E-state index contributed by atoms with van der Waals surface area (Å²) in [4.78, 5) is 71.8. The highest BCUT2D eigenvalue weighted by Gasteiger charge is 2.43. The molecule has 0 aliphatic carbocycles. The summed E-state index contributed by atoms with van der Waals surface area (Å²) in [7, 11) is 1.24. The topological polar surface area (TPSA) is 135 Å². The number of ether oxygens (including phenoxy) is 3. The van der Waals surface area contributed by atoms with Gasteiger partial charge >= 0.3 is 18.2 Å². The molecule has 2 aliphatic rings. The van der Waals surface area contributed by atoms with Crippen molar-refractivity contribution in [2.75, 3.05) is 13.7 Å². The van der Waals surface area contributed by atoms with Crippen molar-refractivity contribution in [3.8, 4) is 0 Å². The number of methoxy groups -OCH3 is 1. The molecule has 58 heavy (non-hydrogen) atoms. The standard InChI is InChI=1S/C45H49FN4O8/c1-29(36-17-11-12-18-37(36)46)48(41(52)38-23-33-15-9-10-16-34(33)26-49(38)43(54)57-28-31-13-7-6-8-14-31)25-30-19-21-32(22-20-30)40(51)47-35-24-39(42(53)56-5)50(27-35)44(55)58-45(2,3)4/h6-22,29,35,38-39H,23-28H2,1-5H3,(H,47,51)/t29-,35+,38?,39+/m1/s1. The van der Waals surface area contributed by atoms with E-state index in [-0.39, 0.29) is 45.0 Å². The third-order valence-electron chi connectivity index (χ3n) is 10.4. The van der Waals surface area contributed by atoms with E-state index in [2.05, 4.69) is 5.32 Å². The number of hydrogen-bond donors (Lipinski definition) is 1. The van der Waals surface area contributed by atoms with E-state index in [1.165, 1.54) is 23.0 Å². The van der Waals surface area contributed by atoms with Gasteiger partial charge in [0, 0.05) is 43.1 Å². The van der Waals surface area contributed by atoms with E-state index < -0.39 is 59.6 Å². The normalized spacial score (nSPS) is 18.1. The second kappa shape index (κ2) is 17.9. The first-order valence-electron chi connectivity index (χ1n) is 19.3. The molecule has 2 aliphatic heterocycles. The molecule has 4 aromatic carbocycles. The first-order chi connectivity index (χ1) is 27.7. The van der Waals surface area contributed by atoms with Crippen molar-refractivity contribution in [1.82, 2.24) is 20.0 Å². The molecule has 2 heterocycles. The highest BCUT2D eigenvalue weighted by atomic mass is 19.1. The first kappa shape index (κ1) is 41.4. The Hall–Kier alpha value is -6.24. The number of fused-ring (bicyclic) bond motifs is 1. The quantitative estimate of drug-likeness (QED) is 0.135. The summed E-state index contributed by atoms with van der Waals surface area (Å²) in [6, 6.07) is 26.7. The number of halogens is 1. The third-order valence-corrected chi connectivity index (χ3v) is 10.4. The van der Waals surface area contributed by atoms with Crippen LogP contribution in [0.4, 0.5) is 14.0 Å². The lowest BCUT2D eigenvalue weighted by Crippen LogP contribution is -2.54. The highest BCUT2D eigenvalue weighted by Crippen LogP contribution is 2.31. The lowest BCUT2D eigenvalue weighted by Gasteiger charge is -2.40. The van der Waals surface area contributed by atoms with Gasteiger partial charge in [0.2, 0.25) is 5.91 Å². The lowest BCUT2D eigenvalue weighted by atomic mass is 9.92. The fourth-order valence-electron chi connectivity index (χ4n) is 7.37. The van der Waals surface area contributed by atoms with Crippen LogP contribution >= 0.6 is 0 Å². The van der Waals surface area contributed by atoms with E-state index in [4.69, 9.17) is 14.2 Å². The largest absolute Gasteiger partial charge is 0.467 e. The molecule has 0 bridgehead atoms. The number of rotatable bonds is 10. The van der Waals surface area contributed by atoms with Crippen molar-refractivity contribution in [2.24, 2.45) is 0 Å². The van der Waals surface area contributed by atoms with Gasteiger partial charge in [-0.3, -0.25) is 19.4 Å². The minimum Gasteiger partial charge on any atom is -0.467 e. The minimum absolute atomic E-state index is 0.0304. The van der Waals surface area contributed by atoms with Crippen molar-refractivity contribution in [3.05, 3.63) is 142 Å². The molecule has 1 saturated heterocycles. The monoisotopic (exact) mass is 792 g/mol. The predicted octanol–water partition coefficient (Wildman–Crippen LogP) is 6.96. The summed E-state index contributed by atoms with van der Waals surface area (Å²) in [6.07, 6.45) is -0.945. The molecule has 1 unspecified atom stereocenters. The molecule has 0 radical (unpaired) electrons. The second-order valence-electron chi connectivity index (χ2n) is 15.6. The molecule has 304 valence electrons.